The van der Waals surface area contributed by atoms with Crippen LogP contribution in [0.2, 0.25) is 0 Å². The summed E-state index contributed by atoms with van der Waals surface area (Å²) in [6, 6.07) is -12.5. The van der Waals surface area contributed by atoms with E-state index in [2.05, 4.69) is 62.2 Å². The lowest BCUT2D eigenvalue weighted by molar-refractivity contribution is -0.145. The van der Waals surface area contributed by atoms with E-state index in [9.17, 15) is 68.4 Å². The van der Waals surface area contributed by atoms with Crippen LogP contribution in [0.1, 0.15) is 65.2 Å². The third-order valence-corrected chi connectivity index (χ3v) is 9.71. The third kappa shape index (κ3) is 22.7. The summed E-state index contributed by atoms with van der Waals surface area (Å²) in [7, 11) is 0. The molecule has 8 amide bonds. The minimum absolute atomic E-state index is 0.0230. The first-order valence-electron chi connectivity index (χ1n) is 19.8. The molecule has 0 heterocycles. The number of aliphatic imine (C=N–C) groups is 1. The number of thiol groups is 2. The number of amides is 8. The molecule has 0 aromatic carbocycles. The number of guanidine groups is 1. The van der Waals surface area contributed by atoms with Gasteiger partial charge in [0.2, 0.25) is 47.3 Å². The molecule has 0 saturated heterocycles. The van der Waals surface area contributed by atoms with Crippen LogP contribution in [0.3, 0.4) is 0 Å². The number of aliphatic hydroxyl groups excluding tert-OH is 2. The summed E-state index contributed by atoms with van der Waals surface area (Å²) in [5, 5.41) is 54.3. The molecule has 27 nitrogen and oxygen atoms in total. The van der Waals surface area contributed by atoms with E-state index in [0.29, 0.717) is 6.42 Å². The molecule has 0 aromatic heterocycles. The molecular weight excluding hydrogens is 891 g/mol. The van der Waals surface area contributed by atoms with Crippen molar-refractivity contribution in [2.45, 2.75) is 126 Å². The van der Waals surface area contributed by atoms with Crippen molar-refractivity contribution in [2.75, 3.05) is 24.6 Å². The molecule has 0 aliphatic rings. The summed E-state index contributed by atoms with van der Waals surface area (Å²) in [6.07, 6.45) is -4.41. The molecule has 0 aromatic rings. The van der Waals surface area contributed by atoms with Gasteiger partial charge in [-0.25, -0.2) is 4.79 Å². The van der Waals surface area contributed by atoms with Crippen LogP contribution >= 0.6 is 25.3 Å². The lowest BCUT2D eigenvalue weighted by atomic mass is 10.0. The van der Waals surface area contributed by atoms with Crippen LogP contribution in [0.5, 0.6) is 0 Å². The van der Waals surface area contributed by atoms with Gasteiger partial charge >= 0.3 is 11.9 Å². The average Bonchev–Trinajstić information content (AvgIpc) is 3.21. The normalized spacial score (nSPS) is 15.6. The number of rotatable bonds is 32. The predicted molar refractivity (Wildman–Crippen MR) is 234 cm³/mol. The van der Waals surface area contributed by atoms with Crippen LogP contribution in [0.4, 0.5) is 0 Å². The maximum atomic E-state index is 13.9. The summed E-state index contributed by atoms with van der Waals surface area (Å²) in [4.78, 5) is 132. The number of nitrogens with zero attached hydrogens (tertiary/aromatic N) is 1. The van der Waals surface area contributed by atoms with Gasteiger partial charge in [-0.2, -0.15) is 25.3 Å². The Kier molecular flexibility index (Phi) is 27.9. The predicted octanol–water partition coefficient (Wildman–Crippen LogP) is -7.66. The number of aliphatic carboxylic acids is 2. The minimum atomic E-state index is -1.82. The fourth-order valence-corrected chi connectivity index (χ4v) is 5.87. The van der Waals surface area contributed by atoms with Gasteiger partial charge in [0.1, 0.15) is 42.3 Å². The summed E-state index contributed by atoms with van der Waals surface area (Å²) in [5.74, 6) is -12.2. The Bertz CT molecular complexity index is 1650. The van der Waals surface area contributed by atoms with E-state index in [1.54, 1.807) is 0 Å². The average molecular weight is 954 g/mol. The summed E-state index contributed by atoms with van der Waals surface area (Å²) in [6.45, 7) is 2.45. The number of primary amides is 1. The number of unbranched alkanes of at least 4 members (excludes halogenated alkanes) is 1. The number of carbonyl (C=O) groups excluding carboxylic acids is 8. The smallest absolute Gasteiger partial charge is 0.328 e. The van der Waals surface area contributed by atoms with Crippen molar-refractivity contribution in [2.24, 2.45) is 33.7 Å². The van der Waals surface area contributed by atoms with Crippen LogP contribution in [0, 0.1) is 0 Å². The zero-order chi connectivity index (χ0) is 49.3. The molecule has 364 valence electrons. The second-order valence-corrected chi connectivity index (χ2v) is 15.1. The molecule has 0 bridgehead atoms. The van der Waals surface area contributed by atoms with Gasteiger partial charge in [-0.05, 0) is 58.9 Å². The number of carboxylic acid groups (broad SMARTS) is 2. The Morgan fingerprint density at radius 2 is 0.969 bits per heavy atom. The lowest BCUT2D eigenvalue weighted by Gasteiger charge is -2.27. The van der Waals surface area contributed by atoms with E-state index in [4.69, 9.17) is 28.7 Å². The fraction of sp³-hybridized carbons (Fsp3) is 0.686. The van der Waals surface area contributed by atoms with Crippen LogP contribution in [-0.4, -0.2) is 171 Å². The highest BCUT2D eigenvalue weighted by Gasteiger charge is 2.35. The Hall–Kier alpha value is -5.49. The fourth-order valence-electron chi connectivity index (χ4n) is 5.36. The van der Waals surface area contributed by atoms with Gasteiger partial charge in [0, 0.05) is 24.5 Å². The molecule has 0 rings (SSSR count). The van der Waals surface area contributed by atoms with Crippen molar-refractivity contribution in [3.05, 3.63) is 0 Å². The van der Waals surface area contributed by atoms with Gasteiger partial charge in [0.05, 0.1) is 18.6 Å². The Morgan fingerprint density at radius 1 is 0.562 bits per heavy atom. The zero-order valence-electron chi connectivity index (χ0n) is 35.4. The molecule has 29 heteroatoms. The molecule has 21 N–H and O–H groups in total. The molecule has 10 atom stereocenters. The molecular formula is C35H63N13O14S2. The Labute approximate surface area is 379 Å². The number of carbonyl (C=O) groups is 10. The number of carboxylic acids is 2. The van der Waals surface area contributed by atoms with Crippen molar-refractivity contribution >= 4 is 90.4 Å². The number of hydrogen-bond acceptors (Lipinski definition) is 17. The second-order valence-electron chi connectivity index (χ2n) is 14.4. The van der Waals surface area contributed by atoms with E-state index in [-0.39, 0.29) is 56.2 Å². The van der Waals surface area contributed by atoms with Crippen LogP contribution in [0.15, 0.2) is 4.99 Å². The summed E-state index contributed by atoms with van der Waals surface area (Å²) in [5.41, 5.74) is 27.2. The van der Waals surface area contributed by atoms with Gasteiger partial charge in [0.15, 0.2) is 12.0 Å². The second kappa shape index (κ2) is 30.6. The zero-order valence-corrected chi connectivity index (χ0v) is 37.1. The van der Waals surface area contributed by atoms with Crippen molar-refractivity contribution < 1.29 is 68.4 Å². The van der Waals surface area contributed by atoms with Crippen molar-refractivity contribution in [1.29, 1.82) is 0 Å². The first-order chi connectivity index (χ1) is 29.9. The van der Waals surface area contributed by atoms with Gasteiger partial charge in [-0.3, -0.25) is 48.1 Å². The Morgan fingerprint density at radius 3 is 1.36 bits per heavy atom. The largest absolute Gasteiger partial charge is 0.481 e. The molecule has 0 fully saturated rings. The molecule has 0 aliphatic heterocycles. The monoisotopic (exact) mass is 953 g/mol. The van der Waals surface area contributed by atoms with E-state index in [0.717, 1.165) is 6.92 Å². The van der Waals surface area contributed by atoms with Crippen LogP contribution in [-0.2, 0) is 47.9 Å². The number of aliphatic hydroxyl groups is 2. The van der Waals surface area contributed by atoms with Crippen LogP contribution < -0.4 is 65.9 Å². The first kappa shape index (κ1) is 58.5. The summed E-state index contributed by atoms with van der Waals surface area (Å²) < 4.78 is 0. The van der Waals surface area contributed by atoms with Crippen molar-refractivity contribution in [3.8, 4) is 0 Å². The number of nitrogens with two attached hydrogens (primary N) is 5. The van der Waals surface area contributed by atoms with Gasteiger partial charge in [-0.1, -0.05) is 0 Å². The van der Waals surface area contributed by atoms with Crippen LogP contribution in [0.25, 0.3) is 0 Å². The maximum Gasteiger partial charge on any atom is 0.328 e. The number of hydrogen-bond donors (Lipinski definition) is 18. The highest BCUT2D eigenvalue weighted by atomic mass is 32.1. The third-order valence-electron chi connectivity index (χ3n) is 8.98. The maximum absolute atomic E-state index is 13.9. The molecule has 64 heavy (non-hydrogen) atoms. The van der Waals surface area contributed by atoms with Crippen molar-refractivity contribution in [3.63, 3.8) is 0 Å². The van der Waals surface area contributed by atoms with Gasteiger partial charge in [0.25, 0.3) is 0 Å². The minimum Gasteiger partial charge on any atom is -0.481 e. The number of nitrogens with one attached hydrogen (secondary N) is 7. The standard InChI is InChI=1S/C35H63N13O14S2/c1-15(49)25(38)33(60)45-20(12-23(37)51)30(57)46-22(14-64)32(59)47-21(13-63)31(58)43-18(7-5-11-41-35(39)40)28(55)42-17(6-3-4-10-36)27(54)44-19(8-9-24(52)53)29(56)48-26(16(2)50)34(61)62/h15-22,25-26,49-50,63-64H,3-14,36,38H2,1-2H3,(H2,37,51)(H,42,55)(H,43,58)(H,44,54)(H,45,60)(H,46,57)(H,47,59)(H,48,56)(H,52,53)(H,61,62)(H4,39,40,41)/t15-,16-,17+,18+,19+,20+,21+,22+,25+,26+/m1/s1. The van der Waals surface area contributed by atoms with E-state index < -0.39 is 139 Å². The topological polar surface area (TPSA) is 478 Å². The van der Waals surface area contributed by atoms with E-state index >= 15 is 0 Å². The molecule has 0 unspecified atom stereocenters. The van der Waals surface area contributed by atoms with Gasteiger partial charge in [-0.15, -0.1) is 0 Å². The molecule has 0 saturated carbocycles. The quantitative estimate of drug-likeness (QED) is 0.0129. The van der Waals surface area contributed by atoms with E-state index in [1.165, 1.54) is 6.92 Å². The van der Waals surface area contributed by atoms with E-state index in [1.807, 2.05) is 5.32 Å². The lowest BCUT2D eigenvalue weighted by Crippen LogP contribution is -2.61. The highest BCUT2D eigenvalue weighted by molar-refractivity contribution is 7.80. The highest BCUT2D eigenvalue weighted by Crippen LogP contribution is 2.09. The molecule has 0 aliphatic carbocycles. The van der Waals surface area contributed by atoms with Gasteiger partial charge < -0.3 is 86.3 Å². The van der Waals surface area contributed by atoms with Crippen molar-refractivity contribution in [1.82, 2.24) is 37.2 Å². The molecule has 0 spiro atoms. The Balaban J connectivity index is 6.46. The first-order valence-corrected chi connectivity index (χ1v) is 21.1. The summed E-state index contributed by atoms with van der Waals surface area (Å²) >= 11 is 8.21. The SMILES string of the molecule is C[C@@H](O)[C@H](N)C(=O)N[C@@H](CC(N)=O)C(=O)N[C@@H](CS)C(=O)N[C@@H](CS)C(=O)N[C@@H](CCCN=C(N)N)C(=O)N[C@@H](CCCCN)C(=O)N[C@@H](CCC(=O)O)C(=O)N[C@H](C(=O)O)[C@@H](C)O. The molecule has 0 radical (unpaired) electrons.